The molecule has 1 amide bonds. The van der Waals surface area contributed by atoms with E-state index in [1.807, 2.05) is 56.3 Å². The Morgan fingerprint density at radius 1 is 1.08 bits per heavy atom. The number of carbonyl (C=O) groups excluding carboxylic acids is 1. The number of anilines is 1. The summed E-state index contributed by atoms with van der Waals surface area (Å²) in [6.07, 6.45) is 0.889. The molecule has 0 saturated heterocycles. The number of fused-ring (bicyclic) bond motifs is 1. The molecule has 0 fully saturated rings. The number of aromatic nitrogens is 5. The quantitative estimate of drug-likeness (QED) is 0.242. The standard InChI is InChI=1S/C26H24N8O3/c1-3-15-36-19-13-11-18(12-14-19)23-22(29-33-34(23)25-24(27)31-37-32-25)26(35)30-28-16(2)20-10-6-8-17-7-4-5-9-21(17)20/h4-14H,3,15H2,1-2H3,(H2,27,31)(H,30,35). The zero-order valence-corrected chi connectivity index (χ0v) is 20.3. The van der Waals surface area contributed by atoms with Gasteiger partial charge in [0.2, 0.25) is 11.6 Å². The molecule has 0 radical (unpaired) electrons. The Morgan fingerprint density at radius 3 is 2.62 bits per heavy atom. The van der Waals surface area contributed by atoms with Crippen molar-refractivity contribution >= 4 is 28.2 Å². The van der Waals surface area contributed by atoms with Crippen molar-refractivity contribution in [1.82, 2.24) is 30.7 Å². The lowest BCUT2D eigenvalue weighted by atomic mass is 10.0. The van der Waals surface area contributed by atoms with Crippen LogP contribution in [0.1, 0.15) is 36.3 Å². The average Bonchev–Trinajstić information content (AvgIpc) is 3.56. The predicted molar refractivity (Wildman–Crippen MR) is 138 cm³/mol. The monoisotopic (exact) mass is 496 g/mol. The number of amides is 1. The van der Waals surface area contributed by atoms with E-state index in [0.717, 1.165) is 22.8 Å². The Balaban J connectivity index is 1.49. The normalized spacial score (nSPS) is 11.6. The van der Waals surface area contributed by atoms with E-state index in [9.17, 15) is 4.79 Å². The van der Waals surface area contributed by atoms with Crippen LogP contribution >= 0.6 is 0 Å². The van der Waals surface area contributed by atoms with Gasteiger partial charge in [-0.05, 0) is 58.7 Å². The summed E-state index contributed by atoms with van der Waals surface area (Å²) < 4.78 is 11.7. The van der Waals surface area contributed by atoms with Crippen LogP contribution in [-0.2, 0) is 0 Å². The number of hydrogen-bond acceptors (Lipinski definition) is 9. The van der Waals surface area contributed by atoms with Crippen LogP contribution in [0, 0.1) is 0 Å². The Kier molecular flexibility index (Phi) is 6.58. The largest absolute Gasteiger partial charge is 0.494 e. The van der Waals surface area contributed by atoms with E-state index in [2.05, 4.69) is 31.2 Å². The van der Waals surface area contributed by atoms with Gasteiger partial charge in [-0.25, -0.2) is 10.1 Å². The van der Waals surface area contributed by atoms with Crippen molar-refractivity contribution < 1.29 is 14.2 Å². The van der Waals surface area contributed by atoms with Crippen molar-refractivity contribution in [3.05, 3.63) is 78.0 Å². The average molecular weight is 497 g/mol. The molecule has 186 valence electrons. The van der Waals surface area contributed by atoms with Gasteiger partial charge in [-0.2, -0.15) is 9.78 Å². The van der Waals surface area contributed by atoms with E-state index in [1.54, 1.807) is 24.3 Å². The third-order valence-corrected chi connectivity index (χ3v) is 5.69. The Labute approximate surface area is 211 Å². The van der Waals surface area contributed by atoms with Crippen LogP contribution in [0.25, 0.3) is 27.8 Å². The zero-order valence-electron chi connectivity index (χ0n) is 20.3. The summed E-state index contributed by atoms with van der Waals surface area (Å²) in [6.45, 7) is 4.46. The minimum atomic E-state index is -0.554. The number of hydrazone groups is 1. The molecule has 3 aromatic carbocycles. The number of hydrogen-bond donors (Lipinski definition) is 2. The Bertz CT molecular complexity index is 1580. The maximum atomic E-state index is 13.3. The SMILES string of the molecule is CCCOc1ccc(-c2c(C(=O)NN=C(C)c3cccc4ccccc34)nnn2-c2nonc2N)cc1. The second-order valence-corrected chi connectivity index (χ2v) is 8.21. The molecule has 0 unspecified atom stereocenters. The summed E-state index contributed by atoms with van der Waals surface area (Å²) in [5.74, 6) is 0.268. The Morgan fingerprint density at radius 2 is 1.86 bits per heavy atom. The summed E-state index contributed by atoms with van der Waals surface area (Å²) in [7, 11) is 0. The fourth-order valence-electron chi connectivity index (χ4n) is 3.90. The van der Waals surface area contributed by atoms with E-state index in [0.29, 0.717) is 29.3 Å². The molecule has 0 atom stereocenters. The summed E-state index contributed by atoms with van der Waals surface area (Å²) in [6, 6.07) is 21.1. The molecular formula is C26H24N8O3. The van der Waals surface area contributed by atoms with Crippen LogP contribution in [0.3, 0.4) is 0 Å². The first kappa shape index (κ1) is 23.7. The molecule has 37 heavy (non-hydrogen) atoms. The van der Waals surface area contributed by atoms with Crippen LogP contribution in [0.5, 0.6) is 5.75 Å². The highest BCUT2D eigenvalue weighted by Gasteiger charge is 2.25. The van der Waals surface area contributed by atoms with Gasteiger partial charge in [-0.3, -0.25) is 4.79 Å². The number of nitrogens with two attached hydrogens (primary N) is 1. The maximum Gasteiger partial charge on any atom is 0.294 e. The summed E-state index contributed by atoms with van der Waals surface area (Å²) >= 11 is 0. The molecule has 0 aliphatic heterocycles. The van der Waals surface area contributed by atoms with Crippen LogP contribution in [0.2, 0.25) is 0 Å². The van der Waals surface area contributed by atoms with E-state index < -0.39 is 5.91 Å². The molecule has 0 aliphatic rings. The number of nitrogens with one attached hydrogen (secondary N) is 1. The smallest absolute Gasteiger partial charge is 0.294 e. The number of ether oxygens (including phenoxy) is 1. The third-order valence-electron chi connectivity index (χ3n) is 5.69. The van der Waals surface area contributed by atoms with Gasteiger partial charge < -0.3 is 10.5 Å². The van der Waals surface area contributed by atoms with Gasteiger partial charge in [-0.1, -0.05) is 54.6 Å². The fraction of sp³-hybridized carbons (Fsp3) is 0.154. The van der Waals surface area contributed by atoms with Gasteiger partial charge in [0.05, 0.1) is 12.3 Å². The lowest BCUT2D eigenvalue weighted by Gasteiger charge is -2.09. The van der Waals surface area contributed by atoms with Crippen molar-refractivity contribution in [3.8, 4) is 22.8 Å². The van der Waals surface area contributed by atoms with Crippen LogP contribution in [-0.4, -0.2) is 43.5 Å². The molecule has 2 heterocycles. The van der Waals surface area contributed by atoms with E-state index in [1.165, 1.54) is 4.68 Å². The van der Waals surface area contributed by atoms with Crippen molar-refractivity contribution in [3.63, 3.8) is 0 Å². The van der Waals surface area contributed by atoms with E-state index in [4.69, 9.17) is 15.1 Å². The van der Waals surface area contributed by atoms with Crippen LogP contribution in [0.15, 0.2) is 76.5 Å². The molecule has 5 rings (SSSR count). The number of nitrogen functional groups attached to an aromatic ring is 1. The highest BCUT2D eigenvalue weighted by Crippen LogP contribution is 2.28. The first-order chi connectivity index (χ1) is 18.1. The minimum absolute atomic E-state index is 0.00540. The van der Waals surface area contributed by atoms with E-state index >= 15 is 0 Å². The van der Waals surface area contributed by atoms with Crippen molar-refractivity contribution in [1.29, 1.82) is 0 Å². The number of rotatable bonds is 8. The first-order valence-electron chi connectivity index (χ1n) is 11.7. The topological polar surface area (TPSA) is 146 Å². The molecule has 3 N–H and O–H groups in total. The lowest BCUT2D eigenvalue weighted by molar-refractivity contribution is 0.0950. The van der Waals surface area contributed by atoms with Gasteiger partial charge in [0.15, 0.2) is 5.69 Å². The number of nitrogens with zero attached hydrogens (tertiary/aromatic N) is 6. The van der Waals surface area contributed by atoms with Crippen LogP contribution < -0.4 is 15.9 Å². The summed E-state index contributed by atoms with van der Waals surface area (Å²) in [4.78, 5) is 13.3. The van der Waals surface area contributed by atoms with Gasteiger partial charge in [-0.15, -0.1) is 5.10 Å². The predicted octanol–water partition coefficient (Wildman–Crippen LogP) is 4.00. The van der Waals surface area contributed by atoms with Crippen molar-refractivity contribution in [2.45, 2.75) is 20.3 Å². The minimum Gasteiger partial charge on any atom is -0.494 e. The lowest BCUT2D eigenvalue weighted by Crippen LogP contribution is -2.21. The molecule has 11 nitrogen and oxygen atoms in total. The Hall–Kier alpha value is -5.06. The molecule has 0 aliphatic carbocycles. The van der Waals surface area contributed by atoms with Crippen molar-refractivity contribution in [2.24, 2.45) is 5.10 Å². The van der Waals surface area contributed by atoms with Crippen molar-refractivity contribution in [2.75, 3.05) is 12.3 Å². The first-order valence-corrected chi connectivity index (χ1v) is 11.7. The second-order valence-electron chi connectivity index (χ2n) is 8.21. The molecular weight excluding hydrogens is 472 g/mol. The molecule has 2 aromatic heterocycles. The molecule has 0 bridgehead atoms. The zero-order chi connectivity index (χ0) is 25.8. The summed E-state index contributed by atoms with van der Waals surface area (Å²) in [5, 5.41) is 22.1. The molecule has 11 heteroatoms. The fourth-order valence-corrected chi connectivity index (χ4v) is 3.90. The highest BCUT2D eigenvalue weighted by atomic mass is 16.6. The summed E-state index contributed by atoms with van der Waals surface area (Å²) in [5.41, 5.74) is 11.1. The highest BCUT2D eigenvalue weighted by molar-refractivity contribution is 6.10. The van der Waals surface area contributed by atoms with Gasteiger partial charge >= 0.3 is 0 Å². The number of benzene rings is 3. The second kappa shape index (κ2) is 10.3. The van der Waals surface area contributed by atoms with E-state index in [-0.39, 0.29) is 17.3 Å². The van der Waals surface area contributed by atoms with Gasteiger partial charge in [0.1, 0.15) is 11.4 Å². The maximum absolute atomic E-state index is 13.3. The number of carbonyl (C=O) groups is 1. The third kappa shape index (κ3) is 4.74. The molecule has 0 spiro atoms. The van der Waals surface area contributed by atoms with Crippen LogP contribution in [0.4, 0.5) is 5.82 Å². The molecule has 5 aromatic rings. The van der Waals surface area contributed by atoms with Gasteiger partial charge in [0.25, 0.3) is 5.91 Å². The van der Waals surface area contributed by atoms with Gasteiger partial charge in [0, 0.05) is 11.1 Å². The molecule has 0 saturated carbocycles.